The van der Waals surface area contributed by atoms with Crippen LogP contribution in [-0.2, 0) is 27.2 Å². The molecule has 7 nitrogen and oxygen atoms in total. The monoisotopic (exact) mass is 490 g/mol. The van der Waals surface area contributed by atoms with Crippen LogP contribution < -0.4 is 15.4 Å². The summed E-state index contributed by atoms with van der Waals surface area (Å²) in [7, 11) is 1.36. The van der Waals surface area contributed by atoms with E-state index in [-0.39, 0.29) is 36.8 Å². The Balaban J connectivity index is 1.69. The number of hydrogen-bond acceptors (Lipinski definition) is 6. The molecule has 1 aliphatic heterocycles. The van der Waals surface area contributed by atoms with Gasteiger partial charge in [-0.3, -0.25) is 9.59 Å². The third-order valence-corrected chi connectivity index (χ3v) is 6.06. The van der Waals surface area contributed by atoms with Gasteiger partial charge in [-0.25, -0.2) is 8.78 Å². The van der Waals surface area contributed by atoms with Gasteiger partial charge in [0.15, 0.2) is 0 Å². The Labute approximate surface area is 203 Å². The summed E-state index contributed by atoms with van der Waals surface area (Å²) < 4.78 is 37.8. The average Bonchev–Trinajstić information content (AvgIpc) is 2.80. The molecule has 0 aromatic heterocycles. The third kappa shape index (κ3) is 7.47. The fourth-order valence-corrected chi connectivity index (χ4v) is 4.35. The molecule has 3 N–H and O–H groups in total. The largest absolute Gasteiger partial charge is 0.493 e. The van der Waals surface area contributed by atoms with Gasteiger partial charge in [-0.2, -0.15) is 0 Å². The van der Waals surface area contributed by atoms with Gasteiger partial charge in [0.2, 0.25) is 5.91 Å². The summed E-state index contributed by atoms with van der Waals surface area (Å²) in [5.41, 5.74) is 2.21. The number of amides is 1. The molecule has 0 spiro atoms. The smallest absolute Gasteiger partial charge is 0.308 e. The van der Waals surface area contributed by atoms with Crippen LogP contribution in [0.3, 0.4) is 0 Å². The highest BCUT2D eigenvalue weighted by Crippen LogP contribution is 2.33. The first-order valence-electron chi connectivity index (χ1n) is 11.6. The molecule has 0 unspecified atom stereocenters. The summed E-state index contributed by atoms with van der Waals surface area (Å²) in [6, 6.07) is 8.06. The number of nitrogens with one attached hydrogen (secondary N) is 2. The number of methoxy groups -OCH3 is 1. The number of fused-ring (bicyclic) bond motifs is 1. The zero-order chi connectivity index (χ0) is 25.5. The molecule has 4 atom stereocenters. The van der Waals surface area contributed by atoms with E-state index in [9.17, 15) is 23.5 Å². The van der Waals surface area contributed by atoms with Crippen molar-refractivity contribution in [3.05, 3.63) is 64.7 Å². The fraction of sp³-hybridized carbons (Fsp3) is 0.462. The fourth-order valence-electron chi connectivity index (χ4n) is 4.35. The van der Waals surface area contributed by atoms with Crippen molar-refractivity contribution in [2.45, 2.75) is 51.3 Å². The van der Waals surface area contributed by atoms with Gasteiger partial charge < -0.3 is 25.2 Å². The lowest BCUT2D eigenvalue weighted by molar-refractivity contribution is -0.144. The number of rotatable bonds is 10. The van der Waals surface area contributed by atoms with Gasteiger partial charge in [-0.05, 0) is 42.2 Å². The van der Waals surface area contributed by atoms with Gasteiger partial charge in [0.1, 0.15) is 17.4 Å². The van der Waals surface area contributed by atoms with Gasteiger partial charge in [-0.1, -0.05) is 19.1 Å². The van der Waals surface area contributed by atoms with Crippen molar-refractivity contribution < 1.29 is 33.0 Å². The van der Waals surface area contributed by atoms with Crippen molar-refractivity contribution in [3.63, 3.8) is 0 Å². The average molecular weight is 491 g/mol. The Bertz CT molecular complexity index is 1030. The zero-order valence-corrected chi connectivity index (χ0v) is 20.1. The first-order chi connectivity index (χ1) is 16.7. The number of ether oxygens (including phenoxy) is 2. The summed E-state index contributed by atoms with van der Waals surface area (Å²) in [6.07, 6.45) is 0.232. The number of carbonyl (C=O) groups is 2. The third-order valence-electron chi connectivity index (χ3n) is 6.06. The summed E-state index contributed by atoms with van der Waals surface area (Å²) in [5, 5.41) is 16.9. The number of aliphatic hydroxyl groups is 1. The molecule has 9 heteroatoms. The molecule has 0 bridgehead atoms. The predicted molar refractivity (Wildman–Crippen MR) is 126 cm³/mol. The Morgan fingerprint density at radius 3 is 2.51 bits per heavy atom. The molecule has 1 heterocycles. The minimum Gasteiger partial charge on any atom is -0.493 e. The number of carbonyl (C=O) groups excluding carboxylic acids is 2. The molecular formula is C26H32F2N2O5. The summed E-state index contributed by atoms with van der Waals surface area (Å²) >= 11 is 0. The Kier molecular flexibility index (Phi) is 9.17. The lowest BCUT2D eigenvalue weighted by atomic mass is 9.94. The molecule has 2 aromatic rings. The molecule has 190 valence electrons. The van der Waals surface area contributed by atoms with Crippen molar-refractivity contribution in [1.82, 2.24) is 10.6 Å². The summed E-state index contributed by atoms with van der Waals surface area (Å²) in [6.45, 7) is 3.76. The quantitative estimate of drug-likeness (QED) is 0.444. The van der Waals surface area contributed by atoms with Crippen LogP contribution in [0.15, 0.2) is 36.4 Å². The van der Waals surface area contributed by atoms with E-state index in [0.29, 0.717) is 25.0 Å². The zero-order valence-electron chi connectivity index (χ0n) is 20.1. The van der Waals surface area contributed by atoms with Crippen molar-refractivity contribution in [2.24, 2.45) is 5.92 Å². The normalized spacial score (nSPS) is 17.5. The van der Waals surface area contributed by atoms with E-state index >= 15 is 0 Å². The molecule has 1 amide bonds. The first kappa shape index (κ1) is 26.6. The standard InChI is InChI=1S/C26H32F2N2O5/c1-15(26(33)34-3)8-17-4-5-25-21(11-17)22(6-7-35-25)29-14-24(32)23(30-16(2)31)12-18-9-19(27)13-20(28)10-18/h4-5,9-11,13,15,22-24,29,32H,6-8,12,14H2,1-3H3,(H,30,31)/t15-,22+,23+,24-/m1/s1. The lowest BCUT2D eigenvalue weighted by Gasteiger charge is -2.30. The number of halogens is 2. The van der Waals surface area contributed by atoms with Crippen molar-refractivity contribution in [2.75, 3.05) is 20.3 Å². The van der Waals surface area contributed by atoms with Crippen molar-refractivity contribution in [3.8, 4) is 5.75 Å². The molecule has 2 aromatic carbocycles. The maximum absolute atomic E-state index is 13.6. The molecule has 35 heavy (non-hydrogen) atoms. The van der Waals surface area contributed by atoms with Crippen LogP contribution in [0, 0.1) is 17.6 Å². The maximum Gasteiger partial charge on any atom is 0.308 e. The molecule has 0 radical (unpaired) electrons. The second-order valence-corrected chi connectivity index (χ2v) is 8.95. The van der Waals surface area contributed by atoms with Gasteiger partial charge >= 0.3 is 5.97 Å². The van der Waals surface area contributed by atoms with Crippen LogP contribution in [0.25, 0.3) is 0 Å². The van der Waals surface area contributed by atoms with E-state index in [1.807, 2.05) is 18.2 Å². The predicted octanol–water partition coefficient (Wildman–Crippen LogP) is 2.84. The van der Waals surface area contributed by atoms with Crippen LogP contribution in [0.2, 0.25) is 0 Å². The molecule has 0 fully saturated rings. The van der Waals surface area contributed by atoms with Gasteiger partial charge in [-0.15, -0.1) is 0 Å². The van der Waals surface area contributed by atoms with Crippen LogP contribution in [0.5, 0.6) is 5.75 Å². The van der Waals surface area contributed by atoms with Crippen LogP contribution in [-0.4, -0.2) is 49.4 Å². The first-order valence-corrected chi connectivity index (χ1v) is 11.6. The lowest BCUT2D eigenvalue weighted by Crippen LogP contribution is -2.48. The minimum absolute atomic E-state index is 0.0665. The molecule has 0 saturated heterocycles. The molecule has 0 aliphatic carbocycles. The molecular weight excluding hydrogens is 458 g/mol. The van der Waals surface area contributed by atoms with E-state index in [2.05, 4.69) is 10.6 Å². The second-order valence-electron chi connectivity index (χ2n) is 8.95. The van der Waals surface area contributed by atoms with Crippen LogP contribution in [0.1, 0.15) is 43.0 Å². The van der Waals surface area contributed by atoms with Crippen LogP contribution in [0.4, 0.5) is 8.78 Å². The van der Waals surface area contributed by atoms with Crippen molar-refractivity contribution in [1.29, 1.82) is 0 Å². The number of hydrogen-bond donors (Lipinski definition) is 3. The number of aliphatic hydroxyl groups excluding tert-OH is 1. The molecule has 0 saturated carbocycles. The van der Waals surface area contributed by atoms with E-state index in [4.69, 9.17) is 9.47 Å². The highest BCUT2D eigenvalue weighted by atomic mass is 19.1. The van der Waals surface area contributed by atoms with Crippen molar-refractivity contribution >= 4 is 11.9 Å². The number of benzene rings is 2. The van der Waals surface area contributed by atoms with Crippen LogP contribution >= 0.6 is 0 Å². The highest BCUT2D eigenvalue weighted by molar-refractivity contribution is 5.73. The topological polar surface area (TPSA) is 96.9 Å². The Hall–Kier alpha value is -3.04. The molecule has 1 aliphatic rings. The van der Waals surface area contributed by atoms with Gasteiger partial charge in [0.25, 0.3) is 0 Å². The number of esters is 1. The highest BCUT2D eigenvalue weighted by Gasteiger charge is 2.26. The van der Waals surface area contributed by atoms with Gasteiger partial charge in [0.05, 0.1) is 31.8 Å². The summed E-state index contributed by atoms with van der Waals surface area (Å²) in [5.74, 6) is -1.63. The Morgan fingerprint density at radius 1 is 1.14 bits per heavy atom. The molecule has 3 rings (SSSR count). The van der Waals surface area contributed by atoms with Gasteiger partial charge in [0, 0.05) is 37.6 Å². The van der Waals surface area contributed by atoms with E-state index in [1.54, 1.807) is 6.92 Å². The Morgan fingerprint density at radius 2 is 1.86 bits per heavy atom. The maximum atomic E-state index is 13.6. The second kappa shape index (κ2) is 12.1. The SMILES string of the molecule is COC(=O)[C@H](C)Cc1ccc2c(c1)[C@@H](NC[C@@H](O)[C@H](Cc1cc(F)cc(F)c1)NC(C)=O)CCO2. The van der Waals surface area contributed by atoms with E-state index in [0.717, 1.165) is 22.9 Å². The minimum atomic E-state index is -1.01. The van der Waals surface area contributed by atoms with E-state index in [1.165, 1.54) is 26.2 Å². The summed E-state index contributed by atoms with van der Waals surface area (Å²) in [4.78, 5) is 23.5. The van der Waals surface area contributed by atoms with E-state index < -0.39 is 23.8 Å².